The van der Waals surface area contributed by atoms with E-state index in [4.69, 9.17) is 9.84 Å². The standard InChI is InChI=1S/C9H17NO5/c1-4-6(3-11)15-9(14)7(8(4)13)10-5(2)12/h4,6-9,11,13-14H,3H2,1-2H3,(H,10,12). The lowest BCUT2D eigenvalue weighted by Gasteiger charge is -2.41. The topological polar surface area (TPSA) is 99.0 Å². The van der Waals surface area contributed by atoms with E-state index in [1.54, 1.807) is 6.92 Å². The van der Waals surface area contributed by atoms with Crippen molar-refractivity contribution in [3.05, 3.63) is 0 Å². The molecular formula is C9H17NO5. The molecule has 1 rings (SSSR count). The molecule has 4 N–H and O–H groups in total. The van der Waals surface area contributed by atoms with Gasteiger partial charge in [0.15, 0.2) is 6.29 Å². The summed E-state index contributed by atoms with van der Waals surface area (Å²) in [6, 6.07) is -0.847. The number of aliphatic hydroxyl groups excluding tert-OH is 3. The SMILES string of the molecule is CC(=O)NC1C(O)OC(CO)C(C)C1O. The fourth-order valence-electron chi connectivity index (χ4n) is 1.70. The number of rotatable bonds is 2. The van der Waals surface area contributed by atoms with E-state index in [0.717, 1.165) is 0 Å². The average molecular weight is 219 g/mol. The molecule has 1 aliphatic heterocycles. The van der Waals surface area contributed by atoms with E-state index in [1.807, 2.05) is 0 Å². The van der Waals surface area contributed by atoms with Crippen LogP contribution >= 0.6 is 0 Å². The van der Waals surface area contributed by atoms with Gasteiger partial charge in [0.25, 0.3) is 0 Å². The molecule has 1 fully saturated rings. The maximum absolute atomic E-state index is 10.8. The fraction of sp³-hybridized carbons (Fsp3) is 0.889. The van der Waals surface area contributed by atoms with Crippen LogP contribution in [0.2, 0.25) is 0 Å². The van der Waals surface area contributed by atoms with Gasteiger partial charge in [-0.15, -0.1) is 0 Å². The molecule has 0 saturated carbocycles. The van der Waals surface area contributed by atoms with Gasteiger partial charge < -0.3 is 25.4 Å². The van der Waals surface area contributed by atoms with Gasteiger partial charge in [-0.25, -0.2) is 0 Å². The molecule has 0 bridgehead atoms. The smallest absolute Gasteiger partial charge is 0.217 e. The molecule has 1 amide bonds. The van der Waals surface area contributed by atoms with Gasteiger partial charge in [-0.05, 0) is 0 Å². The first kappa shape index (κ1) is 12.4. The van der Waals surface area contributed by atoms with Gasteiger partial charge in [-0.3, -0.25) is 4.79 Å². The molecule has 6 nitrogen and oxygen atoms in total. The van der Waals surface area contributed by atoms with Crippen LogP contribution in [0.25, 0.3) is 0 Å². The van der Waals surface area contributed by atoms with E-state index < -0.39 is 24.5 Å². The number of hydrogen-bond acceptors (Lipinski definition) is 5. The summed E-state index contributed by atoms with van der Waals surface area (Å²) in [6.07, 6.45) is -2.84. The number of aliphatic hydroxyl groups is 3. The van der Waals surface area contributed by atoms with Crippen molar-refractivity contribution in [2.45, 2.75) is 38.4 Å². The van der Waals surface area contributed by atoms with E-state index in [2.05, 4.69) is 5.32 Å². The van der Waals surface area contributed by atoms with Crippen LogP contribution < -0.4 is 5.32 Å². The van der Waals surface area contributed by atoms with Crippen LogP contribution in [0.15, 0.2) is 0 Å². The highest BCUT2D eigenvalue weighted by molar-refractivity contribution is 5.73. The molecule has 0 radical (unpaired) electrons. The number of hydrogen-bond donors (Lipinski definition) is 4. The van der Waals surface area contributed by atoms with Crippen LogP contribution in [0.3, 0.4) is 0 Å². The molecule has 1 aliphatic rings. The lowest BCUT2D eigenvalue weighted by molar-refractivity contribution is -0.235. The molecule has 15 heavy (non-hydrogen) atoms. The molecule has 1 heterocycles. The summed E-state index contributed by atoms with van der Waals surface area (Å²) in [5.74, 6) is -0.702. The molecule has 88 valence electrons. The third-order valence-electron chi connectivity index (χ3n) is 2.66. The second-order valence-corrected chi connectivity index (χ2v) is 3.82. The van der Waals surface area contributed by atoms with Gasteiger partial charge in [-0.2, -0.15) is 0 Å². The van der Waals surface area contributed by atoms with Crippen molar-refractivity contribution in [1.82, 2.24) is 5.32 Å². The van der Waals surface area contributed by atoms with Gasteiger partial charge in [-0.1, -0.05) is 6.92 Å². The average Bonchev–Trinajstić information content (AvgIpc) is 2.18. The van der Waals surface area contributed by atoms with Crippen molar-refractivity contribution >= 4 is 5.91 Å². The maximum atomic E-state index is 10.8. The van der Waals surface area contributed by atoms with Crippen LogP contribution in [0.4, 0.5) is 0 Å². The van der Waals surface area contributed by atoms with Gasteiger partial charge in [0.1, 0.15) is 6.04 Å². The van der Waals surface area contributed by atoms with Gasteiger partial charge in [0.05, 0.1) is 18.8 Å². The molecule has 5 atom stereocenters. The normalized spacial score (nSPS) is 41.3. The van der Waals surface area contributed by atoms with Crippen LogP contribution in [0.1, 0.15) is 13.8 Å². The lowest BCUT2D eigenvalue weighted by atomic mass is 9.89. The van der Waals surface area contributed by atoms with Crippen molar-refractivity contribution in [1.29, 1.82) is 0 Å². The van der Waals surface area contributed by atoms with Crippen molar-refractivity contribution in [3.8, 4) is 0 Å². The van der Waals surface area contributed by atoms with E-state index in [0.29, 0.717) is 0 Å². The summed E-state index contributed by atoms with van der Waals surface area (Å²) in [4.78, 5) is 10.8. The van der Waals surface area contributed by atoms with Gasteiger partial charge >= 0.3 is 0 Å². The Balaban J connectivity index is 2.70. The van der Waals surface area contributed by atoms with Gasteiger partial charge in [0.2, 0.25) is 5.91 Å². The summed E-state index contributed by atoms with van der Waals surface area (Å²) in [5.41, 5.74) is 0. The summed E-state index contributed by atoms with van der Waals surface area (Å²) in [5, 5.41) is 30.6. The first-order valence-corrected chi connectivity index (χ1v) is 4.87. The third-order valence-corrected chi connectivity index (χ3v) is 2.66. The predicted octanol–water partition coefficient (Wildman–Crippen LogP) is -1.80. The first-order valence-electron chi connectivity index (χ1n) is 4.87. The Labute approximate surface area is 87.9 Å². The zero-order valence-electron chi connectivity index (χ0n) is 8.75. The Hall–Kier alpha value is -0.690. The second kappa shape index (κ2) is 4.89. The Morgan fingerprint density at radius 3 is 2.53 bits per heavy atom. The highest BCUT2D eigenvalue weighted by Gasteiger charge is 2.42. The molecule has 1 saturated heterocycles. The summed E-state index contributed by atoms with van der Waals surface area (Å²) >= 11 is 0. The van der Waals surface area contributed by atoms with Crippen molar-refractivity contribution in [3.63, 3.8) is 0 Å². The summed E-state index contributed by atoms with van der Waals surface area (Å²) in [6.45, 7) is 2.70. The minimum atomic E-state index is -1.29. The Morgan fingerprint density at radius 2 is 2.07 bits per heavy atom. The molecule has 0 aromatic heterocycles. The molecule has 0 aromatic rings. The minimum absolute atomic E-state index is 0.276. The van der Waals surface area contributed by atoms with E-state index in [-0.39, 0.29) is 18.4 Å². The lowest BCUT2D eigenvalue weighted by Crippen LogP contribution is -2.60. The Bertz CT molecular complexity index is 235. The molecular weight excluding hydrogens is 202 g/mol. The monoisotopic (exact) mass is 219 g/mol. The number of carbonyl (C=O) groups is 1. The van der Waals surface area contributed by atoms with Crippen molar-refractivity contribution in [2.75, 3.05) is 6.61 Å². The van der Waals surface area contributed by atoms with Crippen LogP contribution in [0, 0.1) is 5.92 Å². The fourth-order valence-corrected chi connectivity index (χ4v) is 1.70. The molecule has 0 aliphatic carbocycles. The van der Waals surface area contributed by atoms with Crippen molar-refractivity contribution in [2.24, 2.45) is 5.92 Å². The Kier molecular flexibility index (Phi) is 4.04. The quantitative estimate of drug-likeness (QED) is 0.439. The Morgan fingerprint density at radius 1 is 1.47 bits per heavy atom. The van der Waals surface area contributed by atoms with Crippen LogP contribution in [-0.2, 0) is 9.53 Å². The molecule has 6 heteroatoms. The highest BCUT2D eigenvalue weighted by atomic mass is 16.6. The van der Waals surface area contributed by atoms with Crippen molar-refractivity contribution < 1.29 is 24.9 Å². The first-order chi connectivity index (χ1) is 6.97. The second-order valence-electron chi connectivity index (χ2n) is 3.82. The largest absolute Gasteiger partial charge is 0.394 e. The highest BCUT2D eigenvalue weighted by Crippen LogP contribution is 2.24. The number of carbonyl (C=O) groups excluding carboxylic acids is 1. The minimum Gasteiger partial charge on any atom is -0.394 e. The summed E-state index contributed by atoms with van der Waals surface area (Å²) in [7, 11) is 0. The van der Waals surface area contributed by atoms with E-state index in [1.165, 1.54) is 6.92 Å². The number of nitrogens with one attached hydrogen (secondary N) is 1. The number of ether oxygens (including phenoxy) is 1. The molecule has 0 aromatic carbocycles. The zero-order chi connectivity index (χ0) is 11.6. The van der Waals surface area contributed by atoms with E-state index >= 15 is 0 Å². The van der Waals surface area contributed by atoms with E-state index in [9.17, 15) is 15.0 Å². The molecule has 5 unspecified atom stereocenters. The van der Waals surface area contributed by atoms with Gasteiger partial charge in [0, 0.05) is 12.8 Å². The summed E-state index contributed by atoms with van der Waals surface area (Å²) < 4.78 is 5.06. The zero-order valence-corrected chi connectivity index (χ0v) is 8.75. The number of amides is 1. The predicted molar refractivity (Wildman–Crippen MR) is 50.7 cm³/mol. The third kappa shape index (κ3) is 2.66. The van der Waals surface area contributed by atoms with Crippen LogP contribution in [0.5, 0.6) is 0 Å². The van der Waals surface area contributed by atoms with Crippen LogP contribution in [-0.4, -0.2) is 52.4 Å². The maximum Gasteiger partial charge on any atom is 0.217 e. The molecule has 0 spiro atoms.